The first-order valence-electron chi connectivity index (χ1n) is 6.79. The van der Waals surface area contributed by atoms with Gasteiger partial charge >= 0.3 is 5.97 Å². The molecular formula is C17H18O4. The zero-order valence-electron chi connectivity index (χ0n) is 11.7. The van der Waals surface area contributed by atoms with Crippen LogP contribution in [0.15, 0.2) is 54.6 Å². The normalized spacial score (nSPS) is 10.3. The van der Waals surface area contributed by atoms with Crippen molar-refractivity contribution in [2.75, 3.05) is 13.2 Å². The summed E-state index contributed by atoms with van der Waals surface area (Å²) in [6.07, 6.45) is 0.0282. The molecule has 0 unspecified atom stereocenters. The summed E-state index contributed by atoms with van der Waals surface area (Å²) in [6, 6.07) is 17.0. The molecule has 0 bridgehead atoms. The maximum absolute atomic E-state index is 10.6. The summed E-state index contributed by atoms with van der Waals surface area (Å²) in [6.45, 7) is 1.54. The Kier molecular flexibility index (Phi) is 5.79. The van der Waals surface area contributed by atoms with Gasteiger partial charge in [-0.05, 0) is 23.3 Å². The van der Waals surface area contributed by atoms with Crippen molar-refractivity contribution in [2.24, 2.45) is 0 Å². The van der Waals surface area contributed by atoms with E-state index in [2.05, 4.69) is 0 Å². The third-order valence-electron chi connectivity index (χ3n) is 2.89. The molecule has 0 aromatic heterocycles. The number of aliphatic carboxylic acids is 1. The molecule has 0 aliphatic carbocycles. The first-order chi connectivity index (χ1) is 10.2. The molecule has 2 aromatic carbocycles. The van der Waals surface area contributed by atoms with Crippen LogP contribution in [-0.4, -0.2) is 24.3 Å². The third kappa shape index (κ3) is 5.67. The van der Waals surface area contributed by atoms with E-state index >= 15 is 0 Å². The largest absolute Gasteiger partial charge is 0.491 e. The quantitative estimate of drug-likeness (QED) is 0.758. The highest BCUT2D eigenvalue weighted by atomic mass is 16.5. The van der Waals surface area contributed by atoms with E-state index in [1.165, 1.54) is 0 Å². The minimum atomic E-state index is -0.835. The van der Waals surface area contributed by atoms with Crippen molar-refractivity contribution in [3.05, 3.63) is 65.7 Å². The maximum Gasteiger partial charge on any atom is 0.307 e. The van der Waals surface area contributed by atoms with Crippen LogP contribution in [0.2, 0.25) is 0 Å². The summed E-state index contributed by atoms with van der Waals surface area (Å²) < 4.78 is 11.0. The van der Waals surface area contributed by atoms with Gasteiger partial charge in [0.15, 0.2) is 0 Å². The lowest BCUT2D eigenvalue weighted by Gasteiger charge is -2.08. The van der Waals surface area contributed by atoms with E-state index in [-0.39, 0.29) is 6.42 Å². The van der Waals surface area contributed by atoms with Crippen molar-refractivity contribution in [3.63, 3.8) is 0 Å². The highest BCUT2D eigenvalue weighted by Gasteiger charge is 2.00. The summed E-state index contributed by atoms with van der Waals surface area (Å²) >= 11 is 0. The van der Waals surface area contributed by atoms with Crippen LogP contribution in [0.4, 0.5) is 0 Å². The molecule has 2 aromatic rings. The molecule has 0 atom stereocenters. The van der Waals surface area contributed by atoms with E-state index in [1.54, 1.807) is 24.3 Å². The van der Waals surface area contributed by atoms with Crippen molar-refractivity contribution in [1.82, 2.24) is 0 Å². The van der Waals surface area contributed by atoms with Gasteiger partial charge < -0.3 is 14.6 Å². The van der Waals surface area contributed by atoms with E-state index < -0.39 is 5.97 Å². The Morgan fingerprint density at radius 2 is 1.62 bits per heavy atom. The number of carboxylic acid groups (broad SMARTS) is 1. The molecule has 0 fully saturated rings. The van der Waals surface area contributed by atoms with E-state index in [0.29, 0.717) is 25.6 Å². The van der Waals surface area contributed by atoms with Gasteiger partial charge in [0.1, 0.15) is 12.4 Å². The van der Waals surface area contributed by atoms with E-state index in [1.807, 2.05) is 30.3 Å². The third-order valence-corrected chi connectivity index (χ3v) is 2.89. The van der Waals surface area contributed by atoms with Crippen LogP contribution in [0.1, 0.15) is 11.1 Å². The van der Waals surface area contributed by atoms with Gasteiger partial charge in [-0.15, -0.1) is 0 Å². The van der Waals surface area contributed by atoms with Gasteiger partial charge in [-0.2, -0.15) is 0 Å². The zero-order chi connectivity index (χ0) is 14.9. The standard InChI is InChI=1S/C17H18O4/c18-17(19)12-14-6-8-16(9-7-14)21-11-10-20-13-15-4-2-1-3-5-15/h1-9H,10-13H2,(H,18,19). The van der Waals surface area contributed by atoms with Crippen molar-refractivity contribution in [2.45, 2.75) is 13.0 Å². The fourth-order valence-corrected chi connectivity index (χ4v) is 1.86. The number of carbonyl (C=O) groups is 1. The SMILES string of the molecule is O=C(O)Cc1ccc(OCCOCc2ccccc2)cc1. The van der Waals surface area contributed by atoms with Crippen molar-refractivity contribution in [1.29, 1.82) is 0 Å². The van der Waals surface area contributed by atoms with Gasteiger partial charge in [-0.25, -0.2) is 0 Å². The zero-order valence-corrected chi connectivity index (χ0v) is 11.7. The van der Waals surface area contributed by atoms with E-state index in [9.17, 15) is 4.79 Å². The molecule has 0 saturated heterocycles. The molecule has 0 spiro atoms. The maximum atomic E-state index is 10.6. The van der Waals surface area contributed by atoms with Crippen molar-refractivity contribution in [3.8, 4) is 5.75 Å². The molecule has 1 N–H and O–H groups in total. The second kappa shape index (κ2) is 8.07. The van der Waals surface area contributed by atoms with Gasteiger partial charge in [-0.1, -0.05) is 42.5 Å². The molecule has 0 saturated carbocycles. The predicted octanol–water partition coefficient (Wildman–Crippen LogP) is 2.91. The first kappa shape index (κ1) is 15.1. The minimum absolute atomic E-state index is 0.0282. The number of hydrogen-bond donors (Lipinski definition) is 1. The molecule has 4 nitrogen and oxygen atoms in total. The lowest BCUT2D eigenvalue weighted by Crippen LogP contribution is -2.07. The summed E-state index contributed by atoms with van der Waals surface area (Å²) in [5.41, 5.74) is 1.89. The Morgan fingerprint density at radius 3 is 2.29 bits per heavy atom. The second-order valence-corrected chi connectivity index (χ2v) is 4.60. The van der Waals surface area contributed by atoms with Gasteiger partial charge in [-0.3, -0.25) is 4.79 Å². The van der Waals surface area contributed by atoms with Crippen molar-refractivity contribution >= 4 is 5.97 Å². The fourth-order valence-electron chi connectivity index (χ4n) is 1.86. The van der Waals surface area contributed by atoms with E-state index in [4.69, 9.17) is 14.6 Å². The molecule has 4 heteroatoms. The van der Waals surface area contributed by atoms with Crippen LogP contribution >= 0.6 is 0 Å². The van der Waals surface area contributed by atoms with E-state index in [0.717, 1.165) is 11.1 Å². The summed E-state index contributed by atoms with van der Waals surface area (Å²) in [4.78, 5) is 10.6. The summed E-state index contributed by atoms with van der Waals surface area (Å²) in [5.74, 6) is -0.120. The fraction of sp³-hybridized carbons (Fsp3) is 0.235. The Labute approximate surface area is 123 Å². The molecule has 2 rings (SSSR count). The average Bonchev–Trinajstić information content (AvgIpc) is 2.49. The molecule has 0 aliphatic heterocycles. The molecule has 0 radical (unpaired) electrons. The topological polar surface area (TPSA) is 55.8 Å². The summed E-state index contributed by atoms with van der Waals surface area (Å²) in [7, 11) is 0. The number of rotatable bonds is 8. The molecule has 110 valence electrons. The first-order valence-corrected chi connectivity index (χ1v) is 6.79. The molecular weight excluding hydrogens is 268 g/mol. The Balaban J connectivity index is 1.65. The van der Waals surface area contributed by atoms with Gasteiger partial charge in [0.2, 0.25) is 0 Å². The van der Waals surface area contributed by atoms with Gasteiger partial charge in [0, 0.05) is 0 Å². The highest BCUT2D eigenvalue weighted by Crippen LogP contribution is 2.12. The van der Waals surface area contributed by atoms with Gasteiger partial charge in [0.25, 0.3) is 0 Å². The van der Waals surface area contributed by atoms with Crippen LogP contribution in [0.25, 0.3) is 0 Å². The average molecular weight is 286 g/mol. The number of ether oxygens (including phenoxy) is 2. The molecule has 0 heterocycles. The van der Waals surface area contributed by atoms with Crippen LogP contribution in [-0.2, 0) is 22.6 Å². The lowest BCUT2D eigenvalue weighted by atomic mass is 10.1. The van der Waals surface area contributed by atoms with Crippen molar-refractivity contribution < 1.29 is 19.4 Å². The Hall–Kier alpha value is -2.33. The van der Waals surface area contributed by atoms with Crippen LogP contribution < -0.4 is 4.74 Å². The summed E-state index contributed by atoms with van der Waals surface area (Å²) in [5, 5.41) is 8.68. The lowest BCUT2D eigenvalue weighted by molar-refractivity contribution is -0.136. The highest BCUT2D eigenvalue weighted by molar-refractivity contribution is 5.70. The molecule has 0 amide bonds. The Bertz CT molecular complexity index is 549. The van der Waals surface area contributed by atoms with Crippen LogP contribution in [0, 0.1) is 0 Å². The number of carboxylic acids is 1. The number of hydrogen-bond acceptors (Lipinski definition) is 3. The van der Waals surface area contributed by atoms with Gasteiger partial charge in [0.05, 0.1) is 19.6 Å². The molecule has 21 heavy (non-hydrogen) atoms. The number of benzene rings is 2. The Morgan fingerprint density at radius 1 is 0.905 bits per heavy atom. The second-order valence-electron chi connectivity index (χ2n) is 4.60. The minimum Gasteiger partial charge on any atom is -0.491 e. The monoisotopic (exact) mass is 286 g/mol. The smallest absolute Gasteiger partial charge is 0.307 e. The van der Waals surface area contributed by atoms with Crippen LogP contribution in [0.5, 0.6) is 5.75 Å². The molecule has 0 aliphatic rings. The van der Waals surface area contributed by atoms with Crippen LogP contribution in [0.3, 0.4) is 0 Å². The predicted molar refractivity (Wildman–Crippen MR) is 79.4 cm³/mol.